The maximum absolute atomic E-state index is 11.5. The first-order chi connectivity index (χ1) is 7.65. The van der Waals surface area contributed by atoms with Gasteiger partial charge in [-0.25, -0.2) is 0 Å². The molecule has 0 amide bonds. The van der Waals surface area contributed by atoms with Crippen LogP contribution < -0.4 is 0 Å². The third kappa shape index (κ3) is 1.69. The van der Waals surface area contributed by atoms with Crippen molar-refractivity contribution in [2.45, 2.75) is 25.4 Å². The van der Waals surface area contributed by atoms with Crippen LogP contribution in [0.4, 0.5) is 0 Å². The van der Waals surface area contributed by atoms with Crippen LogP contribution in [0.15, 0.2) is 6.33 Å². The molecule has 0 saturated carbocycles. The van der Waals surface area contributed by atoms with Crippen LogP contribution in [0.1, 0.15) is 25.2 Å². The average Bonchev–Trinajstić information content (AvgIpc) is 2.62. The van der Waals surface area contributed by atoms with Crippen LogP contribution in [0.25, 0.3) is 0 Å². The number of hydrogen-bond donors (Lipinski definition) is 0. The average molecular weight is 224 g/mol. The zero-order valence-corrected chi connectivity index (χ0v) is 9.75. The molecule has 2 heterocycles. The van der Waals surface area contributed by atoms with Gasteiger partial charge in [0.15, 0.2) is 0 Å². The number of nitrogens with zero attached hydrogens (tertiary/aromatic N) is 4. The smallest absolute Gasteiger partial charge is 0.323 e. The second-order valence-corrected chi connectivity index (χ2v) is 4.04. The number of hydrogen-bond acceptors (Lipinski definition) is 5. The summed E-state index contributed by atoms with van der Waals surface area (Å²) in [5.41, 5.74) is 0. The lowest BCUT2D eigenvalue weighted by Gasteiger charge is -2.42. The Bertz CT molecular complexity index is 390. The van der Waals surface area contributed by atoms with Gasteiger partial charge >= 0.3 is 5.97 Å². The molecule has 1 aromatic heterocycles. The summed E-state index contributed by atoms with van der Waals surface area (Å²) in [5.74, 6) is 0.703. The molecule has 16 heavy (non-hydrogen) atoms. The van der Waals surface area contributed by atoms with E-state index in [-0.39, 0.29) is 18.1 Å². The highest BCUT2D eigenvalue weighted by Crippen LogP contribution is 2.29. The number of aromatic nitrogens is 3. The van der Waals surface area contributed by atoms with Crippen molar-refractivity contribution < 1.29 is 9.53 Å². The second-order valence-electron chi connectivity index (χ2n) is 4.04. The van der Waals surface area contributed by atoms with Crippen LogP contribution in [0.2, 0.25) is 0 Å². The van der Waals surface area contributed by atoms with E-state index in [1.165, 1.54) is 7.11 Å². The SMILES string of the molecule is COC(=O)C1CCN1C(C)c1nncn1C. The molecule has 1 fully saturated rings. The maximum atomic E-state index is 11.5. The van der Waals surface area contributed by atoms with Crippen LogP contribution >= 0.6 is 0 Å². The molecule has 2 rings (SSSR count). The Morgan fingerprint density at radius 2 is 2.44 bits per heavy atom. The Morgan fingerprint density at radius 3 is 2.88 bits per heavy atom. The standard InChI is InChI=1S/C10H16N4O2/c1-7(9-12-11-6-13(9)2)14-5-4-8(14)10(15)16-3/h6-8H,4-5H2,1-3H3. The highest BCUT2D eigenvalue weighted by atomic mass is 16.5. The van der Waals surface area contributed by atoms with Crippen LogP contribution in [-0.2, 0) is 16.6 Å². The lowest BCUT2D eigenvalue weighted by Crippen LogP contribution is -2.53. The van der Waals surface area contributed by atoms with Crippen molar-refractivity contribution in [3.63, 3.8) is 0 Å². The van der Waals surface area contributed by atoms with E-state index in [0.29, 0.717) is 0 Å². The fourth-order valence-corrected chi connectivity index (χ4v) is 2.08. The summed E-state index contributed by atoms with van der Waals surface area (Å²) in [4.78, 5) is 13.5. The summed E-state index contributed by atoms with van der Waals surface area (Å²) in [5, 5.41) is 7.90. The Hall–Kier alpha value is -1.43. The minimum Gasteiger partial charge on any atom is -0.468 e. The van der Waals surface area contributed by atoms with Crippen LogP contribution in [0.3, 0.4) is 0 Å². The Balaban J connectivity index is 2.09. The summed E-state index contributed by atoms with van der Waals surface area (Å²) in [7, 11) is 3.32. The molecule has 0 bridgehead atoms. The predicted molar refractivity (Wildman–Crippen MR) is 56.5 cm³/mol. The molecule has 1 aliphatic rings. The number of esters is 1. The second kappa shape index (κ2) is 4.21. The van der Waals surface area contributed by atoms with Gasteiger partial charge in [-0.3, -0.25) is 9.69 Å². The summed E-state index contributed by atoms with van der Waals surface area (Å²) < 4.78 is 6.63. The van der Waals surface area contributed by atoms with E-state index in [1.807, 2.05) is 18.5 Å². The Kier molecular flexibility index (Phi) is 2.91. The molecule has 0 radical (unpaired) electrons. The van der Waals surface area contributed by atoms with Crippen molar-refractivity contribution in [3.8, 4) is 0 Å². The molecule has 1 aromatic rings. The number of carbonyl (C=O) groups excluding carboxylic acids is 1. The van der Waals surface area contributed by atoms with Crippen LogP contribution in [-0.4, -0.2) is 45.3 Å². The monoisotopic (exact) mass is 224 g/mol. The van der Waals surface area contributed by atoms with E-state index in [2.05, 4.69) is 15.1 Å². The van der Waals surface area contributed by atoms with Gasteiger partial charge in [-0.05, 0) is 13.3 Å². The Labute approximate surface area is 94.2 Å². The van der Waals surface area contributed by atoms with E-state index >= 15 is 0 Å². The Morgan fingerprint density at radius 1 is 1.69 bits per heavy atom. The quantitative estimate of drug-likeness (QED) is 0.683. The van der Waals surface area contributed by atoms with Crippen molar-refractivity contribution in [2.24, 2.45) is 7.05 Å². The van der Waals surface area contributed by atoms with E-state index in [0.717, 1.165) is 18.8 Å². The van der Waals surface area contributed by atoms with Crippen molar-refractivity contribution in [2.75, 3.05) is 13.7 Å². The van der Waals surface area contributed by atoms with Gasteiger partial charge in [0.1, 0.15) is 18.2 Å². The molecule has 0 aliphatic carbocycles. The minimum absolute atomic E-state index is 0.0883. The highest BCUT2D eigenvalue weighted by molar-refractivity contribution is 5.76. The van der Waals surface area contributed by atoms with Crippen LogP contribution in [0.5, 0.6) is 0 Å². The molecular weight excluding hydrogens is 208 g/mol. The lowest BCUT2D eigenvalue weighted by molar-refractivity contribution is -0.153. The first-order valence-corrected chi connectivity index (χ1v) is 5.32. The molecule has 0 aromatic carbocycles. The molecule has 1 aliphatic heterocycles. The summed E-state index contributed by atoms with van der Waals surface area (Å²) >= 11 is 0. The van der Waals surface area contributed by atoms with Crippen molar-refractivity contribution in [1.29, 1.82) is 0 Å². The molecule has 0 spiro atoms. The summed E-state index contributed by atoms with van der Waals surface area (Å²) in [6, 6.07) is -0.0398. The fraction of sp³-hybridized carbons (Fsp3) is 0.700. The first kappa shape index (κ1) is 11.1. The molecule has 0 N–H and O–H groups in total. The van der Waals surface area contributed by atoms with E-state index in [4.69, 9.17) is 4.74 Å². The summed E-state index contributed by atoms with van der Waals surface area (Å²) in [6.45, 7) is 2.92. The highest BCUT2D eigenvalue weighted by Gasteiger charge is 2.39. The van der Waals surface area contributed by atoms with Crippen molar-refractivity contribution in [1.82, 2.24) is 19.7 Å². The molecule has 2 unspecified atom stereocenters. The number of aryl methyl sites for hydroxylation is 1. The summed E-state index contributed by atoms with van der Waals surface area (Å²) in [6.07, 6.45) is 2.52. The molecule has 88 valence electrons. The zero-order valence-electron chi connectivity index (χ0n) is 9.75. The zero-order chi connectivity index (χ0) is 11.7. The number of rotatable bonds is 3. The van der Waals surface area contributed by atoms with Gasteiger partial charge in [0.05, 0.1) is 13.2 Å². The largest absolute Gasteiger partial charge is 0.468 e. The first-order valence-electron chi connectivity index (χ1n) is 5.32. The molecule has 6 nitrogen and oxygen atoms in total. The topological polar surface area (TPSA) is 60.2 Å². The van der Waals surface area contributed by atoms with Gasteiger partial charge in [0.25, 0.3) is 0 Å². The number of carbonyl (C=O) groups is 1. The maximum Gasteiger partial charge on any atom is 0.323 e. The number of ether oxygens (including phenoxy) is 1. The minimum atomic E-state index is -0.166. The van der Waals surface area contributed by atoms with Gasteiger partial charge in [-0.1, -0.05) is 0 Å². The molecule has 6 heteroatoms. The van der Waals surface area contributed by atoms with Gasteiger partial charge in [0, 0.05) is 13.6 Å². The lowest BCUT2D eigenvalue weighted by atomic mass is 10.00. The predicted octanol–water partition coefficient (Wildman–Crippen LogP) is 0.123. The van der Waals surface area contributed by atoms with E-state index < -0.39 is 0 Å². The van der Waals surface area contributed by atoms with Gasteiger partial charge < -0.3 is 9.30 Å². The third-order valence-electron chi connectivity index (χ3n) is 3.15. The van der Waals surface area contributed by atoms with E-state index in [9.17, 15) is 4.79 Å². The van der Waals surface area contributed by atoms with E-state index in [1.54, 1.807) is 6.33 Å². The van der Waals surface area contributed by atoms with Gasteiger partial charge in [0.2, 0.25) is 0 Å². The number of likely N-dealkylation sites (tertiary alicyclic amines) is 1. The van der Waals surface area contributed by atoms with Gasteiger partial charge in [-0.2, -0.15) is 0 Å². The normalized spacial score (nSPS) is 22.6. The van der Waals surface area contributed by atoms with Gasteiger partial charge in [-0.15, -0.1) is 10.2 Å². The fourth-order valence-electron chi connectivity index (χ4n) is 2.08. The third-order valence-corrected chi connectivity index (χ3v) is 3.15. The van der Waals surface area contributed by atoms with Crippen molar-refractivity contribution >= 4 is 5.97 Å². The van der Waals surface area contributed by atoms with Crippen LogP contribution in [0, 0.1) is 0 Å². The molecular formula is C10H16N4O2. The molecule has 1 saturated heterocycles. The molecule has 2 atom stereocenters. The van der Waals surface area contributed by atoms with Crippen molar-refractivity contribution in [3.05, 3.63) is 12.2 Å². The number of methoxy groups -OCH3 is 1.